The van der Waals surface area contributed by atoms with Gasteiger partial charge in [0.05, 0.1) is 13.2 Å². The Labute approximate surface area is 162 Å². The first-order chi connectivity index (χ1) is 12.9. The first-order valence-corrected chi connectivity index (χ1v) is 8.98. The van der Waals surface area contributed by atoms with Crippen LogP contribution in [-0.2, 0) is 22.4 Å². The average Bonchev–Trinajstić information content (AvgIpc) is 3.07. The lowest BCUT2D eigenvalue weighted by Gasteiger charge is -2.22. The maximum atomic E-state index is 12.9. The second kappa shape index (κ2) is 7.98. The summed E-state index contributed by atoms with van der Waals surface area (Å²) in [5.74, 6) is 0.145. The van der Waals surface area contributed by atoms with Crippen molar-refractivity contribution in [1.82, 2.24) is 0 Å². The number of halogens is 1. The number of para-hydroxylation sites is 1. The van der Waals surface area contributed by atoms with Crippen molar-refractivity contribution in [2.45, 2.75) is 25.8 Å². The van der Waals surface area contributed by atoms with Crippen molar-refractivity contribution in [3.05, 3.63) is 58.1 Å². The molecule has 0 bridgehead atoms. The van der Waals surface area contributed by atoms with Crippen molar-refractivity contribution >= 4 is 29.4 Å². The maximum absolute atomic E-state index is 12.9. The molecular weight excluding hydrogens is 368 g/mol. The molecule has 7 heteroatoms. The summed E-state index contributed by atoms with van der Waals surface area (Å²) in [4.78, 5) is 25.8. The van der Waals surface area contributed by atoms with Crippen molar-refractivity contribution in [3.8, 4) is 5.75 Å². The number of ether oxygens (including phenoxy) is 2. The zero-order valence-corrected chi connectivity index (χ0v) is 16.0. The molecule has 0 radical (unpaired) electrons. The number of rotatable bonds is 4. The number of methoxy groups -OCH3 is 1. The number of aryl methyl sites for hydroxylation is 1. The fourth-order valence-corrected chi connectivity index (χ4v) is 3.61. The zero-order chi connectivity index (χ0) is 19.6. The molecule has 1 amide bonds. The molecule has 1 atom stereocenters. The number of nitrogens with zero attached hydrogens (tertiary/aromatic N) is 1. The summed E-state index contributed by atoms with van der Waals surface area (Å²) in [6.07, 6.45) is 0.298. The lowest BCUT2D eigenvalue weighted by Crippen LogP contribution is -2.44. The zero-order valence-electron chi connectivity index (χ0n) is 15.2. The van der Waals surface area contributed by atoms with Gasteiger partial charge in [-0.2, -0.15) is 0 Å². The Hall–Kier alpha value is -2.57. The molecule has 2 aromatic carbocycles. The summed E-state index contributed by atoms with van der Waals surface area (Å²) in [5.41, 5.74) is 9.81. The van der Waals surface area contributed by atoms with Crippen molar-refractivity contribution < 1.29 is 19.1 Å². The van der Waals surface area contributed by atoms with Crippen LogP contribution in [0, 0.1) is 6.92 Å². The van der Waals surface area contributed by atoms with Gasteiger partial charge in [-0.1, -0.05) is 29.8 Å². The van der Waals surface area contributed by atoms with Gasteiger partial charge in [0, 0.05) is 17.3 Å². The molecule has 0 spiro atoms. The molecule has 2 aromatic rings. The van der Waals surface area contributed by atoms with Crippen LogP contribution in [0.3, 0.4) is 0 Å². The largest absolute Gasteiger partial charge is 0.513 e. The van der Waals surface area contributed by atoms with Crippen LogP contribution in [0.4, 0.5) is 10.5 Å². The summed E-state index contributed by atoms with van der Waals surface area (Å²) in [7, 11) is 1.23. The second-order valence-electron chi connectivity index (χ2n) is 6.44. The third-order valence-electron chi connectivity index (χ3n) is 4.65. The van der Waals surface area contributed by atoms with E-state index in [-0.39, 0.29) is 11.7 Å². The first-order valence-electron chi connectivity index (χ1n) is 8.60. The fraction of sp³-hybridized carbons (Fsp3) is 0.300. The second-order valence-corrected chi connectivity index (χ2v) is 6.84. The molecule has 1 heterocycles. The van der Waals surface area contributed by atoms with Crippen molar-refractivity contribution in [3.63, 3.8) is 0 Å². The van der Waals surface area contributed by atoms with E-state index in [0.717, 1.165) is 28.8 Å². The Morgan fingerprint density at radius 1 is 1.30 bits per heavy atom. The first kappa shape index (κ1) is 19.2. The summed E-state index contributed by atoms with van der Waals surface area (Å²) in [5, 5.41) is 0.388. The number of nitrogens with two attached hydrogens (primary N) is 1. The maximum Gasteiger partial charge on any atom is 0.513 e. The van der Waals surface area contributed by atoms with Crippen LogP contribution in [0.25, 0.3) is 0 Å². The summed E-state index contributed by atoms with van der Waals surface area (Å²) in [6.45, 7) is 2.46. The van der Waals surface area contributed by atoms with Crippen molar-refractivity contribution in [1.29, 1.82) is 0 Å². The SMILES string of the molecule is COC(=O)Oc1cc(C)c(C[C@@H](N)C(=O)N2CCc3ccccc32)c(Cl)c1. The van der Waals surface area contributed by atoms with Crippen LogP contribution in [0.1, 0.15) is 16.7 Å². The minimum Gasteiger partial charge on any atom is -0.437 e. The molecule has 2 N–H and O–H groups in total. The number of hydrogen-bond acceptors (Lipinski definition) is 5. The molecule has 0 saturated carbocycles. The van der Waals surface area contributed by atoms with Gasteiger partial charge in [-0.05, 0) is 54.7 Å². The van der Waals surface area contributed by atoms with Crippen molar-refractivity contribution in [2.24, 2.45) is 5.73 Å². The molecule has 1 aliphatic rings. The number of fused-ring (bicyclic) bond motifs is 1. The highest BCUT2D eigenvalue weighted by Crippen LogP contribution is 2.30. The summed E-state index contributed by atoms with van der Waals surface area (Å²) >= 11 is 6.34. The van der Waals surface area contributed by atoms with Crippen molar-refractivity contribution in [2.75, 3.05) is 18.6 Å². The van der Waals surface area contributed by atoms with E-state index < -0.39 is 12.2 Å². The Balaban J connectivity index is 1.75. The number of carbonyl (C=O) groups is 2. The minimum atomic E-state index is -0.821. The number of amides is 1. The van der Waals surface area contributed by atoms with Crippen LogP contribution in [0.5, 0.6) is 5.75 Å². The number of benzene rings is 2. The van der Waals surface area contributed by atoms with Gasteiger partial charge in [0.25, 0.3) is 0 Å². The van der Waals surface area contributed by atoms with Gasteiger partial charge in [0.2, 0.25) is 5.91 Å². The van der Waals surface area contributed by atoms with Gasteiger partial charge in [-0.25, -0.2) is 4.79 Å². The molecule has 0 aliphatic carbocycles. The van der Waals surface area contributed by atoms with Gasteiger partial charge in [-0.3, -0.25) is 4.79 Å². The lowest BCUT2D eigenvalue weighted by atomic mass is 10.00. The highest BCUT2D eigenvalue weighted by Gasteiger charge is 2.28. The smallest absolute Gasteiger partial charge is 0.437 e. The lowest BCUT2D eigenvalue weighted by molar-refractivity contribution is -0.119. The Bertz CT molecular complexity index is 861. The van der Waals surface area contributed by atoms with Gasteiger partial charge in [0.15, 0.2) is 0 Å². The number of carbonyl (C=O) groups excluding carboxylic acids is 2. The minimum absolute atomic E-state index is 0.134. The number of anilines is 1. The van der Waals surface area contributed by atoms with Crippen LogP contribution < -0.4 is 15.4 Å². The van der Waals surface area contributed by atoms with Crippen LogP contribution in [0.2, 0.25) is 5.02 Å². The third kappa shape index (κ3) is 4.07. The van der Waals surface area contributed by atoms with Gasteiger partial charge < -0.3 is 20.1 Å². The highest BCUT2D eigenvalue weighted by molar-refractivity contribution is 6.31. The molecule has 0 aromatic heterocycles. The van der Waals surface area contributed by atoms with E-state index in [2.05, 4.69) is 4.74 Å². The van der Waals surface area contributed by atoms with Crippen LogP contribution in [-0.4, -0.2) is 31.8 Å². The molecule has 0 unspecified atom stereocenters. The Morgan fingerprint density at radius 2 is 2.04 bits per heavy atom. The Kier molecular flexibility index (Phi) is 5.68. The quantitative estimate of drug-likeness (QED) is 0.642. The topological polar surface area (TPSA) is 81.9 Å². The van der Waals surface area contributed by atoms with E-state index in [1.54, 1.807) is 11.0 Å². The van der Waals surface area contributed by atoms with E-state index >= 15 is 0 Å². The standard InChI is InChI=1S/C20H21ClN2O4/c1-12-9-14(27-20(25)26-2)10-16(21)15(12)11-17(22)19(24)23-8-7-13-5-3-4-6-18(13)23/h3-6,9-10,17H,7-8,11,22H2,1-2H3/t17-/m1/s1. The molecule has 0 saturated heterocycles. The van der Waals surface area contributed by atoms with Crippen LogP contribution in [0.15, 0.2) is 36.4 Å². The molecule has 27 heavy (non-hydrogen) atoms. The van der Waals surface area contributed by atoms with E-state index in [4.69, 9.17) is 22.1 Å². The number of hydrogen-bond donors (Lipinski definition) is 1. The predicted octanol–water partition coefficient (Wildman–Crippen LogP) is 3.25. The van der Waals surface area contributed by atoms with Gasteiger partial charge in [-0.15, -0.1) is 0 Å². The van der Waals surface area contributed by atoms with E-state index in [9.17, 15) is 9.59 Å². The fourth-order valence-electron chi connectivity index (χ4n) is 3.27. The molecule has 3 rings (SSSR count). The van der Waals surface area contributed by atoms with E-state index in [0.29, 0.717) is 18.0 Å². The van der Waals surface area contributed by atoms with E-state index in [1.807, 2.05) is 31.2 Å². The average molecular weight is 389 g/mol. The van der Waals surface area contributed by atoms with Crippen LogP contribution >= 0.6 is 11.6 Å². The van der Waals surface area contributed by atoms with Gasteiger partial charge in [0.1, 0.15) is 5.75 Å². The molecule has 142 valence electrons. The van der Waals surface area contributed by atoms with E-state index in [1.165, 1.54) is 13.2 Å². The molecule has 0 fully saturated rings. The monoisotopic (exact) mass is 388 g/mol. The molecular formula is C20H21ClN2O4. The summed E-state index contributed by atoms with van der Waals surface area (Å²) < 4.78 is 9.47. The van der Waals surface area contributed by atoms with Gasteiger partial charge >= 0.3 is 6.16 Å². The third-order valence-corrected chi connectivity index (χ3v) is 4.99. The molecule has 6 nitrogen and oxygen atoms in total. The summed E-state index contributed by atoms with van der Waals surface area (Å²) in [6, 6.07) is 10.3. The molecule has 1 aliphatic heterocycles. The normalized spacial score (nSPS) is 13.9. The Morgan fingerprint density at radius 3 is 2.74 bits per heavy atom. The predicted molar refractivity (Wildman–Crippen MR) is 103 cm³/mol. The highest BCUT2D eigenvalue weighted by atomic mass is 35.5.